The Hall–Kier alpha value is -2.74. The van der Waals surface area contributed by atoms with E-state index in [0.717, 1.165) is 18.6 Å². The normalized spacial score (nSPS) is 13.6. The highest BCUT2D eigenvalue weighted by Crippen LogP contribution is 2.36. The van der Waals surface area contributed by atoms with E-state index in [1.54, 1.807) is 18.2 Å². The topological polar surface area (TPSA) is 56.3 Å². The molecule has 0 unspecified atom stereocenters. The van der Waals surface area contributed by atoms with Crippen LogP contribution in [-0.2, 0) is 6.18 Å². The van der Waals surface area contributed by atoms with Gasteiger partial charge in [-0.05, 0) is 24.3 Å². The van der Waals surface area contributed by atoms with Gasteiger partial charge in [-0.1, -0.05) is 6.07 Å². The van der Waals surface area contributed by atoms with Crippen LogP contribution in [0.3, 0.4) is 0 Å². The molecular weight excluding hydrogens is 383 g/mol. The molecule has 0 atom stereocenters. The van der Waals surface area contributed by atoms with Crippen molar-refractivity contribution in [3.05, 3.63) is 48.3 Å². The zero-order valence-electron chi connectivity index (χ0n) is 13.9. The molecule has 27 heavy (non-hydrogen) atoms. The van der Waals surface area contributed by atoms with Gasteiger partial charge < -0.3 is 14.8 Å². The van der Waals surface area contributed by atoms with E-state index in [-0.39, 0.29) is 18.1 Å². The standard InChI is InChI=1S/C18H14F3N3O2.ClH/c19-18(20,21)11-3-1-4-12(7-11)24-17-13-8-15-16(26-6-2-5-25-15)9-14(13)22-10-23-17;/h1,3-4,7-10H,2,5-6H2,(H,22,23,24);1H. The SMILES string of the molecule is Cl.FC(F)(F)c1cccc(Nc2ncnc3cc4c(cc23)OCCCO4)c1. The Morgan fingerprint density at radius 1 is 0.963 bits per heavy atom. The molecule has 1 aliphatic heterocycles. The van der Waals surface area contributed by atoms with Crippen molar-refractivity contribution in [1.29, 1.82) is 0 Å². The minimum Gasteiger partial charge on any atom is -0.490 e. The van der Waals surface area contributed by atoms with Gasteiger partial charge in [-0.2, -0.15) is 13.2 Å². The second-order valence-corrected chi connectivity index (χ2v) is 5.79. The molecule has 0 saturated heterocycles. The Labute approximate surface area is 158 Å². The summed E-state index contributed by atoms with van der Waals surface area (Å²) in [4.78, 5) is 8.38. The summed E-state index contributed by atoms with van der Waals surface area (Å²) in [5, 5.41) is 3.57. The number of nitrogens with one attached hydrogen (secondary N) is 1. The lowest BCUT2D eigenvalue weighted by molar-refractivity contribution is -0.137. The average molecular weight is 398 g/mol. The molecule has 5 nitrogen and oxygen atoms in total. The number of aromatic nitrogens is 2. The van der Waals surface area contributed by atoms with Gasteiger partial charge in [0.25, 0.3) is 0 Å². The van der Waals surface area contributed by atoms with E-state index in [9.17, 15) is 13.2 Å². The fraction of sp³-hybridized carbons (Fsp3) is 0.222. The summed E-state index contributed by atoms with van der Waals surface area (Å²) < 4.78 is 50.0. The molecule has 0 aliphatic carbocycles. The minimum atomic E-state index is -4.41. The Bertz CT molecular complexity index is 966. The Morgan fingerprint density at radius 2 is 1.70 bits per heavy atom. The van der Waals surface area contributed by atoms with Gasteiger partial charge in [0.05, 0.1) is 24.3 Å². The third kappa shape index (κ3) is 4.00. The first-order chi connectivity index (χ1) is 12.5. The number of nitrogens with zero attached hydrogens (tertiary/aromatic N) is 2. The number of benzene rings is 2. The van der Waals surface area contributed by atoms with Crippen molar-refractivity contribution in [2.75, 3.05) is 18.5 Å². The van der Waals surface area contributed by atoms with Crippen molar-refractivity contribution in [2.24, 2.45) is 0 Å². The molecule has 0 amide bonds. The van der Waals surface area contributed by atoms with E-state index in [0.29, 0.717) is 41.4 Å². The summed E-state index contributed by atoms with van der Waals surface area (Å²) in [5.74, 6) is 1.56. The second-order valence-electron chi connectivity index (χ2n) is 5.79. The molecule has 2 aromatic carbocycles. The van der Waals surface area contributed by atoms with Crippen molar-refractivity contribution in [1.82, 2.24) is 9.97 Å². The lowest BCUT2D eigenvalue weighted by atomic mass is 10.1. The van der Waals surface area contributed by atoms with E-state index >= 15 is 0 Å². The van der Waals surface area contributed by atoms with Crippen LogP contribution in [0, 0.1) is 0 Å². The van der Waals surface area contributed by atoms with E-state index in [2.05, 4.69) is 15.3 Å². The second kappa shape index (κ2) is 7.48. The van der Waals surface area contributed by atoms with E-state index in [1.165, 1.54) is 12.4 Å². The fourth-order valence-electron chi connectivity index (χ4n) is 2.72. The van der Waals surface area contributed by atoms with Gasteiger partial charge in [0.15, 0.2) is 11.5 Å². The quantitative estimate of drug-likeness (QED) is 0.661. The molecule has 142 valence electrons. The molecule has 0 spiro atoms. The van der Waals surface area contributed by atoms with E-state index in [4.69, 9.17) is 9.47 Å². The average Bonchev–Trinajstić information content (AvgIpc) is 2.85. The van der Waals surface area contributed by atoms with Crippen LogP contribution in [0.2, 0.25) is 0 Å². The number of fused-ring (bicyclic) bond motifs is 2. The van der Waals surface area contributed by atoms with Crippen molar-refractivity contribution < 1.29 is 22.6 Å². The predicted molar refractivity (Wildman–Crippen MR) is 97.1 cm³/mol. The first kappa shape index (κ1) is 19.0. The first-order valence-electron chi connectivity index (χ1n) is 7.99. The molecule has 0 saturated carbocycles. The zero-order valence-corrected chi connectivity index (χ0v) is 14.7. The number of anilines is 2. The fourth-order valence-corrected chi connectivity index (χ4v) is 2.72. The van der Waals surface area contributed by atoms with Crippen molar-refractivity contribution in [3.63, 3.8) is 0 Å². The highest BCUT2D eigenvalue weighted by Gasteiger charge is 2.30. The largest absolute Gasteiger partial charge is 0.490 e. The summed E-state index contributed by atoms with van der Waals surface area (Å²) in [6.45, 7) is 1.08. The maximum absolute atomic E-state index is 12.9. The maximum Gasteiger partial charge on any atom is 0.416 e. The van der Waals surface area contributed by atoms with Crippen molar-refractivity contribution >= 4 is 34.8 Å². The van der Waals surface area contributed by atoms with Gasteiger partial charge in [0, 0.05) is 23.6 Å². The first-order valence-corrected chi connectivity index (χ1v) is 7.99. The molecule has 4 rings (SSSR count). The Morgan fingerprint density at radius 3 is 2.44 bits per heavy atom. The zero-order chi connectivity index (χ0) is 18.1. The number of alkyl halides is 3. The third-order valence-electron chi connectivity index (χ3n) is 3.96. The van der Waals surface area contributed by atoms with Crippen LogP contribution in [-0.4, -0.2) is 23.2 Å². The van der Waals surface area contributed by atoms with E-state index in [1.807, 2.05) is 0 Å². The molecule has 0 fully saturated rings. The number of halogens is 4. The number of ether oxygens (including phenoxy) is 2. The van der Waals surface area contributed by atoms with Gasteiger partial charge in [-0.25, -0.2) is 9.97 Å². The molecule has 0 radical (unpaired) electrons. The van der Waals surface area contributed by atoms with Gasteiger partial charge in [0.2, 0.25) is 0 Å². The van der Waals surface area contributed by atoms with Gasteiger partial charge in [-0.15, -0.1) is 12.4 Å². The predicted octanol–water partition coefficient (Wildman–Crippen LogP) is 4.98. The number of hydrogen-bond acceptors (Lipinski definition) is 5. The smallest absolute Gasteiger partial charge is 0.416 e. The summed E-state index contributed by atoms with van der Waals surface area (Å²) >= 11 is 0. The highest BCUT2D eigenvalue weighted by atomic mass is 35.5. The number of rotatable bonds is 2. The van der Waals surface area contributed by atoms with Crippen LogP contribution in [0.1, 0.15) is 12.0 Å². The Balaban J connectivity index is 0.00000210. The molecule has 1 N–H and O–H groups in total. The monoisotopic (exact) mass is 397 g/mol. The molecule has 1 aliphatic rings. The van der Waals surface area contributed by atoms with Crippen LogP contribution in [0.25, 0.3) is 10.9 Å². The number of hydrogen-bond donors (Lipinski definition) is 1. The van der Waals surface area contributed by atoms with E-state index < -0.39 is 11.7 Å². The van der Waals surface area contributed by atoms with Crippen LogP contribution in [0.15, 0.2) is 42.7 Å². The molecule has 2 heterocycles. The lowest BCUT2D eigenvalue weighted by Crippen LogP contribution is -2.05. The van der Waals surface area contributed by atoms with Gasteiger partial charge >= 0.3 is 6.18 Å². The molecule has 1 aromatic heterocycles. The van der Waals surface area contributed by atoms with Gasteiger partial charge in [-0.3, -0.25) is 0 Å². The van der Waals surface area contributed by atoms with Gasteiger partial charge in [0.1, 0.15) is 12.1 Å². The van der Waals surface area contributed by atoms with Crippen LogP contribution < -0.4 is 14.8 Å². The molecular formula is C18H15ClF3N3O2. The third-order valence-corrected chi connectivity index (χ3v) is 3.96. The molecule has 3 aromatic rings. The maximum atomic E-state index is 12.9. The Kier molecular flexibility index (Phi) is 5.27. The minimum absolute atomic E-state index is 0. The molecule has 9 heteroatoms. The highest BCUT2D eigenvalue weighted by molar-refractivity contribution is 5.93. The van der Waals surface area contributed by atoms with Crippen LogP contribution >= 0.6 is 12.4 Å². The van der Waals surface area contributed by atoms with Crippen LogP contribution in [0.5, 0.6) is 11.5 Å². The van der Waals surface area contributed by atoms with Crippen molar-refractivity contribution in [3.8, 4) is 11.5 Å². The van der Waals surface area contributed by atoms with Crippen molar-refractivity contribution in [2.45, 2.75) is 12.6 Å². The summed E-state index contributed by atoms with van der Waals surface area (Å²) in [6, 6.07) is 8.44. The summed E-state index contributed by atoms with van der Waals surface area (Å²) in [6.07, 6.45) is -2.29. The van der Waals surface area contributed by atoms with Crippen LogP contribution in [0.4, 0.5) is 24.7 Å². The summed E-state index contributed by atoms with van der Waals surface area (Å²) in [7, 11) is 0. The lowest BCUT2D eigenvalue weighted by Gasteiger charge is -2.13. The molecule has 0 bridgehead atoms. The summed E-state index contributed by atoms with van der Waals surface area (Å²) in [5.41, 5.74) is 0.164.